The van der Waals surface area contributed by atoms with E-state index in [4.69, 9.17) is 9.26 Å². The van der Waals surface area contributed by atoms with Crippen molar-refractivity contribution in [3.05, 3.63) is 5.89 Å². The van der Waals surface area contributed by atoms with Crippen LogP contribution in [0.1, 0.15) is 51.3 Å². The minimum absolute atomic E-state index is 0.293. The first-order chi connectivity index (χ1) is 9.26. The van der Waals surface area contributed by atoms with Crippen molar-refractivity contribution < 1.29 is 14.1 Å². The molecular weight excluding hydrogens is 246 g/mol. The van der Waals surface area contributed by atoms with Gasteiger partial charge in [0.2, 0.25) is 5.89 Å². The standard InChI is InChI=1S/C13H21N3O3/c1-3-10(12(17)18-4-2)11-14-13(15-19-11)16-8-6-5-7-9-16/h10H,3-9H2,1-2H3. The first kappa shape index (κ1) is 13.8. The van der Waals surface area contributed by atoms with Gasteiger partial charge in [0.15, 0.2) is 0 Å². The molecule has 6 heteroatoms. The Kier molecular flexibility index (Phi) is 4.76. The van der Waals surface area contributed by atoms with Crippen LogP contribution in [-0.4, -0.2) is 35.8 Å². The zero-order valence-electron chi connectivity index (χ0n) is 11.6. The summed E-state index contributed by atoms with van der Waals surface area (Å²) in [5.41, 5.74) is 0. The normalized spacial score (nSPS) is 17.3. The highest BCUT2D eigenvalue weighted by molar-refractivity contribution is 5.76. The topological polar surface area (TPSA) is 68.5 Å². The van der Waals surface area contributed by atoms with Gasteiger partial charge in [0, 0.05) is 13.1 Å². The lowest BCUT2D eigenvalue weighted by atomic mass is 10.1. The van der Waals surface area contributed by atoms with Crippen LogP contribution in [0.2, 0.25) is 0 Å². The fourth-order valence-corrected chi connectivity index (χ4v) is 2.28. The summed E-state index contributed by atoms with van der Waals surface area (Å²) in [4.78, 5) is 18.3. The molecule has 0 saturated carbocycles. The molecule has 0 amide bonds. The van der Waals surface area contributed by atoms with Gasteiger partial charge >= 0.3 is 5.97 Å². The van der Waals surface area contributed by atoms with Gasteiger partial charge in [0.05, 0.1) is 6.61 Å². The maximum Gasteiger partial charge on any atom is 0.318 e. The van der Waals surface area contributed by atoms with E-state index in [-0.39, 0.29) is 5.97 Å². The second-order valence-corrected chi connectivity index (χ2v) is 4.69. The number of rotatable bonds is 5. The summed E-state index contributed by atoms with van der Waals surface area (Å²) in [6.07, 6.45) is 4.15. The van der Waals surface area contributed by atoms with E-state index in [0.29, 0.717) is 24.9 Å². The molecule has 1 aliphatic rings. The molecule has 6 nitrogen and oxygen atoms in total. The monoisotopic (exact) mass is 267 g/mol. The average molecular weight is 267 g/mol. The van der Waals surface area contributed by atoms with Gasteiger partial charge in [0.25, 0.3) is 5.95 Å². The van der Waals surface area contributed by atoms with E-state index in [1.807, 2.05) is 6.92 Å². The molecule has 0 aromatic carbocycles. The summed E-state index contributed by atoms with van der Waals surface area (Å²) in [7, 11) is 0. The molecule has 1 atom stereocenters. The van der Waals surface area contributed by atoms with E-state index in [9.17, 15) is 4.79 Å². The Morgan fingerprint density at radius 2 is 2.11 bits per heavy atom. The number of carbonyl (C=O) groups is 1. The molecule has 1 fully saturated rings. The number of anilines is 1. The molecule has 0 N–H and O–H groups in total. The van der Waals surface area contributed by atoms with Crippen molar-refractivity contribution in [2.24, 2.45) is 0 Å². The van der Waals surface area contributed by atoms with Crippen molar-refractivity contribution in [3.8, 4) is 0 Å². The second kappa shape index (κ2) is 6.54. The number of carbonyl (C=O) groups excluding carboxylic acids is 1. The van der Waals surface area contributed by atoms with Crippen LogP contribution in [0, 0.1) is 0 Å². The van der Waals surface area contributed by atoms with Gasteiger partial charge in [-0.05, 0) is 37.8 Å². The van der Waals surface area contributed by atoms with E-state index >= 15 is 0 Å². The minimum Gasteiger partial charge on any atom is -0.465 e. The van der Waals surface area contributed by atoms with Crippen molar-refractivity contribution in [2.75, 3.05) is 24.6 Å². The lowest BCUT2D eigenvalue weighted by molar-refractivity contribution is -0.145. The maximum atomic E-state index is 11.8. The summed E-state index contributed by atoms with van der Waals surface area (Å²) in [6, 6.07) is 0. The Hall–Kier alpha value is -1.59. The molecule has 19 heavy (non-hydrogen) atoms. The lowest BCUT2D eigenvalue weighted by Gasteiger charge is -2.24. The Balaban J connectivity index is 2.07. The van der Waals surface area contributed by atoms with Crippen molar-refractivity contribution >= 4 is 11.9 Å². The van der Waals surface area contributed by atoms with Gasteiger partial charge in [-0.2, -0.15) is 4.98 Å². The summed E-state index contributed by atoms with van der Waals surface area (Å²) in [6.45, 7) is 5.97. The molecule has 1 aliphatic heterocycles. The van der Waals surface area contributed by atoms with Gasteiger partial charge < -0.3 is 14.2 Å². The van der Waals surface area contributed by atoms with E-state index in [2.05, 4.69) is 15.0 Å². The zero-order chi connectivity index (χ0) is 13.7. The number of ether oxygens (including phenoxy) is 1. The first-order valence-corrected chi connectivity index (χ1v) is 7.01. The SMILES string of the molecule is CCOC(=O)C(CC)c1nc(N2CCCCC2)no1. The number of piperidine rings is 1. The molecule has 0 spiro atoms. The quantitative estimate of drug-likeness (QED) is 0.761. The average Bonchev–Trinajstić information content (AvgIpc) is 2.90. The van der Waals surface area contributed by atoms with Crippen LogP contribution in [0.5, 0.6) is 0 Å². The van der Waals surface area contributed by atoms with Crippen LogP contribution in [0.25, 0.3) is 0 Å². The van der Waals surface area contributed by atoms with Crippen LogP contribution in [-0.2, 0) is 9.53 Å². The Bertz CT molecular complexity index is 413. The molecule has 1 unspecified atom stereocenters. The molecule has 106 valence electrons. The summed E-state index contributed by atoms with van der Waals surface area (Å²) in [5, 5.41) is 3.98. The summed E-state index contributed by atoms with van der Waals surface area (Å²) < 4.78 is 10.3. The molecule has 0 aliphatic carbocycles. The minimum atomic E-state index is -0.453. The summed E-state index contributed by atoms with van der Waals surface area (Å²) in [5.74, 6) is 0.212. The Morgan fingerprint density at radius 1 is 1.37 bits per heavy atom. The predicted molar refractivity (Wildman–Crippen MR) is 70.0 cm³/mol. The third-order valence-electron chi connectivity index (χ3n) is 3.35. The van der Waals surface area contributed by atoms with E-state index in [1.165, 1.54) is 6.42 Å². The molecule has 1 aromatic rings. The third kappa shape index (κ3) is 3.24. The van der Waals surface area contributed by atoms with Crippen molar-refractivity contribution in [3.63, 3.8) is 0 Å². The van der Waals surface area contributed by atoms with Crippen LogP contribution in [0.3, 0.4) is 0 Å². The fourth-order valence-electron chi connectivity index (χ4n) is 2.28. The van der Waals surface area contributed by atoms with Gasteiger partial charge in [-0.3, -0.25) is 4.79 Å². The number of hydrogen-bond acceptors (Lipinski definition) is 6. The first-order valence-electron chi connectivity index (χ1n) is 7.01. The second-order valence-electron chi connectivity index (χ2n) is 4.69. The molecule has 0 bridgehead atoms. The van der Waals surface area contributed by atoms with Gasteiger partial charge in [-0.15, -0.1) is 0 Å². The highest BCUT2D eigenvalue weighted by Gasteiger charge is 2.27. The van der Waals surface area contributed by atoms with E-state index < -0.39 is 5.92 Å². The number of hydrogen-bond donors (Lipinski definition) is 0. The van der Waals surface area contributed by atoms with Crippen molar-refractivity contribution in [1.29, 1.82) is 0 Å². The van der Waals surface area contributed by atoms with E-state index in [0.717, 1.165) is 25.9 Å². The van der Waals surface area contributed by atoms with Crippen LogP contribution < -0.4 is 4.90 Å². The van der Waals surface area contributed by atoms with Crippen LogP contribution >= 0.6 is 0 Å². The molecule has 2 rings (SSSR count). The molecule has 2 heterocycles. The van der Waals surface area contributed by atoms with Crippen LogP contribution in [0.15, 0.2) is 4.52 Å². The number of nitrogens with zero attached hydrogens (tertiary/aromatic N) is 3. The largest absolute Gasteiger partial charge is 0.465 e. The molecular formula is C13H21N3O3. The van der Waals surface area contributed by atoms with Crippen molar-refractivity contribution in [1.82, 2.24) is 10.1 Å². The van der Waals surface area contributed by atoms with Gasteiger partial charge in [-0.25, -0.2) is 0 Å². The molecule has 1 saturated heterocycles. The zero-order valence-corrected chi connectivity index (χ0v) is 11.6. The number of esters is 1. The third-order valence-corrected chi connectivity index (χ3v) is 3.35. The molecule has 1 aromatic heterocycles. The highest BCUT2D eigenvalue weighted by Crippen LogP contribution is 2.23. The van der Waals surface area contributed by atoms with E-state index in [1.54, 1.807) is 6.92 Å². The van der Waals surface area contributed by atoms with Crippen molar-refractivity contribution in [2.45, 2.75) is 45.4 Å². The fraction of sp³-hybridized carbons (Fsp3) is 0.769. The Labute approximate surface area is 113 Å². The maximum absolute atomic E-state index is 11.8. The van der Waals surface area contributed by atoms with Crippen LogP contribution in [0.4, 0.5) is 5.95 Å². The molecule has 0 radical (unpaired) electrons. The van der Waals surface area contributed by atoms with Gasteiger partial charge in [-0.1, -0.05) is 6.92 Å². The predicted octanol–water partition coefficient (Wildman–Crippen LogP) is 2.12. The van der Waals surface area contributed by atoms with Gasteiger partial charge in [0.1, 0.15) is 5.92 Å². The smallest absolute Gasteiger partial charge is 0.318 e. The Morgan fingerprint density at radius 3 is 2.74 bits per heavy atom. The summed E-state index contributed by atoms with van der Waals surface area (Å²) >= 11 is 0. The number of aromatic nitrogens is 2. The lowest BCUT2D eigenvalue weighted by Crippen LogP contribution is -2.30. The highest BCUT2D eigenvalue weighted by atomic mass is 16.5.